The van der Waals surface area contributed by atoms with E-state index in [1.54, 1.807) is 18.2 Å². The Morgan fingerprint density at radius 3 is 2.50 bits per heavy atom. The van der Waals surface area contributed by atoms with Crippen LogP contribution in [-0.2, 0) is 0 Å². The van der Waals surface area contributed by atoms with E-state index in [1.165, 1.54) is 12.1 Å². The molecule has 5 heteroatoms. The van der Waals surface area contributed by atoms with Crippen molar-refractivity contribution >= 4 is 45.8 Å². The van der Waals surface area contributed by atoms with E-state index in [0.29, 0.717) is 16.3 Å². The van der Waals surface area contributed by atoms with Crippen molar-refractivity contribution < 1.29 is 9.90 Å². The molecule has 2 aromatic carbocycles. The predicted octanol–water partition coefficient (Wildman–Crippen LogP) is 3.90. The molecule has 0 aromatic heterocycles. The largest absolute Gasteiger partial charge is 0.506 e. The molecule has 18 heavy (non-hydrogen) atoms. The number of rotatable bonds is 2. The van der Waals surface area contributed by atoms with Crippen molar-refractivity contribution in [2.45, 2.75) is 0 Å². The summed E-state index contributed by atoms with van der Waals surface area (Å²) in [7, 11) is 0. The Bertz CT molecular complexity index is 584. The molecule has 0 aliphatic rings. The number of nitrogens with one attached hydrogen (secondary N) is 1. The number of anilines is 1. The van der Waals surface area contributed by atoms with Crippen LogP contribution in [0, 0.1) is 3.57 Å². The van der Waals surface area contributed by atoms with E-state index >= 15 is 0 Å². The molecule has 2 rings (SSSR count). The maximum atomic E-state index is 11.9. The van der Waals surface area contributed by atoms with Gasteiger partial charge < -0.3 is 10.4 Å². The minimum absolute atomic E-state index is 0.0155. The maximum absolute atomic E-state index is 11.9. The van der Waals surface area contributed by atoms with Crippen molar-refractivity contribution in [3.8, 4) is 5.75 Å². The van der Waals surface area contributed by atoms with Crippen molar-refractivity contribution in [1.29, 1.82) is 0 Å². The van der Waals surface area contributed by atoms with Gasteiger partial charge in [-0.1, -0.05) is 11.6 Å². The zero-order chi connectivity index (χ0) is 13.1. The van der Waals surface area contributed by atoms with Crippen LogP contribution in [0.5, 0.6) is 5.75 Å². The number of hydrogen-bond acceptors (Lipinski definition) is 2. The van der Waals surface area contributed by atoms with E-state index in [9.17, 15) is 9.90 Å². The third kappa shape index (κ3) is 3.14. The van der Waals surface area contributed by atoms with Crippen LogP contribution < -0.4 is 5.32 Å². The zero-order valence-electron chi connectivity index (χ0n) is 9.15. The third-order valence-corrected chi connectivity index (χ3v) is 3.27. The molecule has 0 spiro atoms. The van der Waals surface area contributed by atoms with E-state index in [-0.39, 0.29) is 11.7 Å². The van der Waals surface area contributed by atoms with Crippen LogP contribution in [0.15, 0.2) is 42.5 Å². The van der Waals surface area contributed by atoms with Gasteiger partial charge in [-0.05, 0) is 65.1 Å². The van der Waals surface area contributed by atoms with Crippen LogP contribution in [0.3, 0.4) is 0 Å². The standard InChI is InChI=1S/C13H9ClINO2/c14-9-3-6-12(17)11(7-9)16-13(18)8-1-4-10(15)5-2-8/h1-7,17H,(H,16,18). The van der Waals surface area contributed by atoms with Gasteiger partial charge in [-0.2, -0.15) is 0 Å². The topological polar surface area (TPSA) is 49.3 Å². The number of hydrogen-bond donors (Lipinski definition) is 2. The highest BCUT2D eigenvalue weighted by atomic mass is 127. The average Bonchev–Trinajstić information content (AvgIpc) is 2.34. The van der Waals surface area contributed by atoms with Crippen molar-refractivity contribution in [3.63, 3.8) is 0 Å². The maximum Gasteiger partial charge on any atom is 0.255 e. The van der Waals surface area contributed by atoms with Gasteiger partial charge in [-0.15, -0.1) is 0 Å². The Kier molecular flexibility index (Phi) is 4.08. The zero-order valence-corrected chi connectivity index (χ0v) is 12.1. The fraction of sp³-hybridized carbons (Fsp3) is 0. The summed E-state index contributed by atoms with van der Waals surface area (Å²) < 4.78 is 1.05. The van der Waals surface area contributed by atoms with E-state index in [2.05, 4.69) is 27.9 Å². The molecule has 2 N–H and O–H groups in total. The van der Waals surface area contributed by atoms with Gasteiger partial charge in [0.1, 0.15) is 5.75 Å². The first-order valence-electron chi connectivity index (χ1n) is 5.12. The summed E-state index contributed by atoms with van der Waals surface area (Å²) in [6.07, 6.45) is 0. The first kappa shape index (κ1) is 13.2. The van der Waals surface area contributed by atoms with Crippen LogP contribution in [-0.4, -0.2) is 11.0 Å². The van der Waals surface area contributed by atoms with Crippen LogP contribution in [0.4, 0.5) is 5.69 Å². The van der Waals surface area contributed by atoms with Crippen molar-refractivity contribution in [2.24, 2.45) is 0 Å². The van der Waals surface area contributed by atoms with Gasteiger partial charge in [0.25, 0.3) is 5.91 Å². The Labute approximate surface area is 123 Å². The molecular weight excluding hydrogens is 365 g/mol. The van der Waals surface area contributed by atoms with Gasteiger partial charge in [0.15, 0.2) is 0 Å². The number of benzene rings is 2. The molecule has 0 atom stereocenters. The Balaban J connectivity index is 2.21. The summed E-state index contributed by atoms with van der Waals surface area (Å²) >= 11 is 7.97. The molecule has 2 aromatic rings. The fourth-order valence-electron chi connectivity index (χ4n) is 1.40. The Hall–Kier alpha value is -1.27. The lowest BCUT2D eigenvalue weighted by Crippen LogP contribution is -2.11. The van der Waals surface area contributed by atoms with Gasteiger partial charge >= 0.3 is 0 Å². The summed E-state index contributed by atoms with van der Waals surface area (Å²) in [6, 6.07) is 11.6. The van der Waals surface area contributed by atoms with Crippen molar-refractivity contribution in [3.05, 3.63) is 56.6 Å². The molecule has 92 valence electrons. The molecule has 0 heterocycles. The highest BCUT2D eigenvalue weighted by Gasteiger charge is 2.09. The summed E-state index contributed by atoms with van der Waals surface area (Å²) in [5.74, 6) is -0.303. The van der Waals surface area contributed by atoms with E-state index < -0.39 is 0 Å². The van der Waals surface area contributed by atoms with E-state index in [1.807, 2.05) is 12.1 Å². The van der Waals surface area contributed by atoms with Crippen LogP contribution >= 0.6 is 34.2 Å². The molecule has 0 unspecified atom stereocenters. The lowest BCUT2D eigenvalue weighted by atomic mass is 10.2. The molecule has 0 saturated carbocycles. The number of halogens is 2. The minimum atomic E-state index is -0.288. The first-order valence-corrected chi connectivity index (χ1v) is 6.57. The molecule has 3 nitrogen and oxygen atoms in total. The minimum Gasteiger partial charge on any atom is -0.506 e. The molecule has 0 radical (unpaired) electrons. The number of carbonyl (C=O) groups is 1. The molecule has 0 saturated heterocycles. The smallest absolute Gasteiger partial charge is 0.255 e. The SMILES string of the molecule is O=C(Nc1cc(Cl)ccc1O)c1ccc(I)cc1. The lowest BCUT2D eigenvalue weighted by Gasteiger charge is -2.07. The molecular formula is C13H9ClINO2. The second-order valence-electron chi connectivity index (χ2n) is 3.62. The molecule has 1 amide bonds. The number of amides is 1. The number of phenolic OH excluding ortho intramolecular Hbond substituents is 1. The van der Waals surface area contributed by atoms with Crippen molar-refractivity contribution in [2.75, 3.05) is 5.32 Å². The summed E-state index contributed by atoms with van der Waals surface area (Å²) in [4.78, 5) is 11.9. The summed E-state index contributed by atoms with van der Waals surface area (Å²) in [5.41, 5.74) is 0.820. The molecule has 0 aliphatic carbocycles. The van der Waals surface area contributed by atoms with Gasteiger partial charge in [0.2, 0.25) is 0 Å². The molecule has 0 fully saturated rings. The Morgan fingerprint density at radius 2 is 1.83 bits per heavy atom. The van der Waals surface area contributed by atoms with Gasteiger partial charge in [0.05, 0.1) is 5.69 Å². The molecule has 0 bridgehead atoms. The third-order valence-electron chi connectivity index (χ3n) is 2.31. The quantitative estimate of drug-likeness (QED) is 0.619. The summed E-state index contributed by atoms with van der Waals surface area (Å²) in [5, 5.41) is 12.7. The normalized spacial score (nSPS) is 10.1. The summed E-state index contributed by atoms with van der Waals surface area (Å²) in [6.45, 7) is 0. The van der Waals surface area contributed by atoms with E-state index in [0.717, 1.165) is 3.57 Å². The highest BCUT2D eigenvalue weighted by molar-refractivity contribution is 14.1. The predicted molar refractivity (Wildman–Crippen MR) is 80.2 cm³/mol. The number of phenols is 1. The van der Waals surface area contributed by atoms with Gasteiger partial charge in [-0.3, -0.25) is 4.79 Å². The average molecular weight is 374 g/mol. The van der Waals surface area contributed by atoms with Gasteiger partial charge in [0, 0.05) is 14.2 Å². The van der Waals surface area contributed by atoms with Crippen LogP contribution in [0.2, 0.25) is 5.02 Å². The van der Waals surface area contributed by atoms with Crippen molar-refractivity contribution in [1.82, 2.24) is 0 Å². The monoisotopic (exact) mass is 373 g/mol. The second kappa shape index (κ2) is 5.58. The van der Waals surface area contributed by atoms with E-state index in [4.69, 9.17) is 11.6 Å². The first-order chi connectivity index (χ1) is 8.56. The van der Waals surface area contributed by atoms with Crippen LogP contribution in [0.25, 0.3) is 0 Å². The molecule has 0 aliphatic heterocycles. The highest BCUT2D eigenvalue weighted by Crippen LogP contribution is 2.26. The lowest BCUT2D eigenvalue weighted by molar-refractivity contribution is 0.102. The Morgan fingerprint density at radius 1 is 1.17 bits per heavy atom. The van der Waals surface area contributed by atoms with Crippen LogP contribution in [0.1, 0.15) is 10.4 Å². The van der Waals surface area contributed by atoms with Gasteiger partial charge in [-0.25, -0.2) is 0 Å². The number of carbonyl (C=O) groups excluding carboxylic acids is 1. The fourth-order valence-corrected chi connectivity index (χ4v) is 1.94. The second-order valence-corrected chi connectivity index (χ2v) is 5.30. The number of aromatic hydroxyl groups is 1.